The van der Waals surface area contributed by atoms with Crippen LogP contribution in [-0.4, -0.2) is 23.0 Å². The lowest BCUT2D eigenvalue weighted by molar-refractivity contribution is -0.139. The third kappa shape index (κ3) is 5.95. The van der Waals surface area contributed by atoms with Crippen molar-refractivity contribution in [2.75, 3.05) is 0 Å². The van der Waals surface area contributed by atoms with Gasteiger partial charge in [-0.15, -0.1) is 0 Å². The number of nitrogens with one attached hydrogen (secondary N) is 1. The highest BCUT2D eigenvalue weighted by Gasteiger charge is 2.21. The summed E-state index contributed by atoms with van der Waals surface area (Å²) in [6, 6.07) is 16.0. The highest BCUT2D eigenvalue weighted by atomic mass is 16.4. The van der Waals surface area contributed by atoms with E-state index < -0.39 is 12.0 Å². The summed E-state index contributed by atoms with van der Waals surface area (Å²) in [5.41, 5.74) is 2.62. The Kier molecular flexibility index (Phi) is 7.24. The first-order valence-electron chi connectivity index (χ1n) is 10.3. The van der Waals surface area contributed by atoms with Crippen LogP contribution < -0.4 is 5.32 Å². The Morgan fingerprint density at radius 2 is 1.61 bits per heavy atom. The van der Waals surface area contributed by atoms with Gasteiger partial charge in [-0.05, 0) is 42.0 Å². The first-order chi connectivity index (χ1) is 13.6. The normalized spacial score (nSPS) is 15.7. The number of carboxylic acids is 1. The summed E-state index contributed by atoms with van der Waals surface area (Å²) in [6.45, 7) is 0. The van der Waals surface area contributed by atoms with E-state index in [9.17, 15) is 14.7 Å². The molecule has 4 heteroatoms. The van der Waals surface area contributed by atoms with Crippen LogP contribution >= 0.6 is 0 Å². The van der Waals surface area contributed by atoms with Crippen LogP contribution in [0.5, 0.6) is 0 Å². The smallest absolute Gasteiger partial charge is 0.326 e. The molecule has 3 rings (SSSR count). The Hall–Kier alpha value is -2.62. The van der Waals surface area contributed by atoms with E-state index in [2.05, 4.69) is 5.32 Å². The van der Waals surface area contributed by atoms with Gasteiger partial charge in [-0.2, -0.15) is 0 Å². The average Bonchev–Trinajstić information content (AvgIpc) is 2.73. The van der Waals surface area contributed by atoms with Crippen LogP contribution in [0.3, 0.4) is 0 Å². The van der Waals surface area contributed by atoms with Crippen LogP contribution in [0.4, 0.5) is 0 Å². The SMILES string of the molecule is O=C(N[C@@H](Cc1ccccc1)C(=O)O)c1ccc(CCC2CCCCC2)cc1. The van der Waals surface area contributed by atoms with Crippen molar-refractivity contribution in [2.45, 2.75) is 57.4 Å². The van der Waals surface area contributed by atoms with Crippen molar-refractivity contribution in [1.29, 1.82) is 0 Å². The molecule has 2 aromatic rings. The summed E-state index contributed by atoms with van der Waals surface area (Å²) in [7, 11) is 0. The standard InChI is InChI=1S/C24H29NO3/c26-23(25-22(24(27)28)17-20-9-5-2-6-10-20)21-15-13-19(14-16-21)12-11-18-7-3-1-4-8-18/h2,5-6,9-10,13-16,18,22H,1,3-4,7-8,11-12,17H2,(H,25,26)(H,27,28)/t22-/m0/s1. The molecule has 1 amide bonds. The van der Waals surface area contributed by atoms with Crippen molar-refractivity contribution in [3.05, 3.63) is 71.3 Å². The zero-order chi connectivity index (χ0) is 19.8. The molecule has 0 aliphatic heterocycles. The first kappa shape index (κ1) is 20.1. The Bertz CT molecular complexity index is 764. The molecule has 28 heavy (non-hydrogen) atoms. The molecule has 1 fully saturated rings. The number of hydrogen-bond acceptors (Lipinski definition) is 2. The summed E-state index contributed by atoms with van der Waals surface area (Å²) >= 11 is 0. The van der Waals surface area contributed by atoms with Crippen LogP contribution in [-0.2, 0) is 17.6 Å². The van der Waals surface area contributed by atoms with E-state index in [1.54, 1.807) is 12.1 Å². The quantitative estimate of drug-likeness (QED) is 0.703. The molecule has 0 aromatic heterocycles. The zero-order valence-corrected chi connectivity index (χ0v) is 16.3. The number of carbonyl (C=O) groups excluding carboxylic acids is 1. The van der Waals surface area contributed by atoms with Gasteiger partial charge in [-0.25, -0.2) is 4.79 Å². The second-order valence-corrected chi connectivity index (χ2v) is 7.79. The van der Waals surface area contributed by atoms with Gasteiger partial charge >= 0.3 is 5.97 Å². The molecule has 2 aromatic carbocycles. The van der Waals surface area contributed by atoms with Crippen LogP contribution in [0.1, 0.15) is 60.0 Å². The van der Waals surface area contributed by atoms with Gasteiger partial charge in [0.05, 0.1) is 0 Å². The van der Waals surface area contributed by atoms with Gasteiger partial charge in [0.15, 0.2) is 0 Å². The number of carboxylic acid groups (broad SMARTS) is 1. The molecule has 1 aliphatic carbocycles. The number of rotatable bonds is 8. The maximum Gasteiger partial charge on any atom is 0.326 e. The maximum absolute atomic E-state index is 12.5. The van der Waals surface area contributed by atoms with Gasteiger partial charge in [0.2, 0.25) is 0 Å². The molecule has 0 saturated heterocycles. The van der Waals surface area contributed by atoms with Crippen molar-refractivity contribution >= 4 is 11.9 Å². The molecule has 148 valence electrons. The minimum Gasteiger partial charge on any atom is -0.480 e. The van der Waals surface area contributed by atoms with Crippen LogP contribution in [0, 0.1) is 5.92 Å². The maximum atomic E-state index is 12.5. The van der Waals surface area contributed by atoms with Gasteiger partial charge < -0.3 is 10.4 Å². The molecule has 0 unspecified atom stereocenters. The van der Waals surface area contributed by atoms with Gasteiger partial charge in [0.25, 0.3) is 5.91 Å². The van der Waals surface area contributed by atoms with Crippen molar-refractivity contribution < 1.29 is 14.7 Å². The lowest BCUT2D eigenvalue weighted by Crippen LogP contribution is -2.42. The van der Waals surface area contributed by atoms with Crippen molar-refractivity contribution in [2.24, 2.45) is 5.92 Å². The summed E-state index contributed by atoms with van der Waals surface area (Å²) in [6.07, 6.45) is 9.30. The molecule has 0 bridgehead atoms. The number of carbonyl (C=O) groups is 2. The molecular formula is C24H29NO3. The topological polar surface area (TPSA) is 66.4 Å². The summed E-state index contributed by atoms with van der Waals surface area (Å²) in [5, 5.41) is 12.1. The lowest BCUT2D eigenvalue weighted by Gasteiger charge is -2.21. The number of amides is 1. The fraction of sp³-hybridized carbons (Fsp3) is 0.417. The third-order valence-corrected chi connectivity index (χ3v) is 5.67. The minimum absolute atomic E-state index is 0.265. The third-order valence-electron chi connectivity index (χ3n) is 5.67. The number of aryl methyl sites for hydroxylation is 1. The average molecular weight is 380 g/mol. The van der Waals surface area contributed by atoms with Crippen molar-refractivity contribution in [3.63, 3.8) is 0 Å². The highest BCUT2D eigenvalue weighted by molar-refractivity contribution is 5.96. The van der Waals surface area contributed by atoms with Gasteiger partial charge in [0, 0.05) is 12.0 Å². The van der Waals surface area contributed by atoms with E-state index in [1.807, 2.05) is 42.5 Å². The largest absolute Gasteiger partial charge is 0.480 e. The molecule has 0 spiro atoms. The fourth-order valence-electron chi connectivity index (χ4n) is 3.96. The Labute approximate surface area is 167 Å². The van der Waals surface area contributed by atoms with E-state index in [1.165, 1.54) is 44.1 Å². The first-order valence-corrected chi connectivity index (χ1v) is 10.3. The van der Waals surface area contributed by atoms with E-state index in [4.69, 9.17) is 0 Å². The predicted octanol–water partition coefficient (Wildman–Crippen LogP) is 4.63. The van der Waals surface area contributed by atoms with Crippen LogP contribution in [0.15, 0.2) is 54.6 Å². The molecule has 1 atom stereocenters. The summed E-state index contributed by atoms with van der Waals surface area (Å²) in [5.74, 6) is -0.533. The van der Waals surface area contributed by atoms with E-state index in [0.717, 1.165) is 17.9 Å². The van der Waals surface area contributed by atoms with Crippen LogP contribution in [0.2, 0.25) is 0 Å². The van der Waals surface area contributed by atoms with Crippen molar-refractivity contribution in [1.82, 2.24) is 5.32 Å². The molecule has 0 radical (unpaired) electrons. The zero-order valence-electron chi connectivity index (χ0n) is 16.3. The number of benzene rings is 2. The van der Waals surface area contributed by atoms with Gasteiger partial charge in [-0.3, -0.25) is 4.79 Å². The molecule has 0 heterocycles. The predicted molar refractivity (Wildman–Crippen MR) is 110 cm³/mol. The highest BCUT2D eigenvalue weighted by Crippen LogP contribution is 2.27. The molecule has 1 saturated carbocycles. The number of hydrogen-bond donors (Lipinski definition) is 2. The summed E-state index contributed by atoms with van der Waals surface area (Å²) < 4.78 is 0. The lowest BCUT2D eigenvalue weighted by atomic mass is 9.85. The molecular weight excluding hydrogens is 350 g/mol. The van der Waals surface area contributed by atoms with Crippen LogP contribution in [0.25, 0.3) is 0 Å². The molecule has 4 nitrogen and oxygen atoms in total. The molecule has 1 aliphatic rings. The fourth-order valence-corrected chi connectivity index (χ4v) is 3.96. The molecule has 2 N–H and O–H groups in total. The number of aliphatic carboxylic acids is 1. The van der Waals surface area contributed by atoms with E-state index in [0.29, 0.717) is 5.56 Å². The minimum atomic E-state index is -1.03. The monoisotopic (exact) mass is 379 g/mol. The Morgan fingerprint density at radius 1 is 0.929 bits per heavy atom. The second kappa shape index (κ2) is 10.1. The van der Waals surface area contributed by atoms with E-state index >= 15 is 0 Å². The van der Waals surface area contributed by atoms with Crippen molar-refractivity contribution in [3.8, 4) is 0 Å². The van der Waals surface area contributed by atoms with E-state index in [-0.39, 0.29) is 12.3 Å². The summed E-state index contributed by atoms with van der Waals surface area (Å²) in [4.78, 5) is 24.0. The second-order valence-electron chi connectivity index (χ2n) is 7.79. The van der Waals surface area contributed by atoms with Gasteiger partial charge in [0.1, 0.15) is 6.04 Å². The Morgan fingerprint density at radius 3 is 2.25 bits per heavy atom. The van der Waals surface area contributed by atoms with Gasteiger partial charge in [-0.1, -0.05) is 74.6 Å². The Balaban J connectivity index is 1.54.